The first-order valence-corrected chi connectivity index (χ1v) is 12.8. The molecule has 0 radical (unpaired) electrons. The molecule has 0 spiro atoms. The summed E-state index contributed by atoms with van der Waals surface area (Å²) in [6, 6.07) is 42.6. The zero-order valence-corrected chi connectivity index (χ0v) is 20.5. The number of imidazole rings is 1. The summed E-state index contributed by atoms with van der Waals surface area (Å²) >= 11 is 0. The van der Waals surface area contributed by atoms with Crippen molar-refractivity contribution in [1.82, 2.24) is 9.38 Å². The number of fused-ring (bicyclic) bond motifs is 3. The van der Waals surface area contributed by atoms with Gasteiger partial charge in [-0.2, -0.15) is 0 Å². The Labute approximate surface area is 220 Å². The van der Waals surface area contributed by atoms with E-state index in [4.69, 9.17) is 9.72 Å². The van der Waals surface area contributed by atoms with Crippen LogP contribution in [0.15, 0.2) is 134 Å². The van der Waals surface area contributed by atoms with E-state index in [-0.39, 0.29) is 0 Å². The van der Waals surface area contributed by atoms with E-state index >= 15 is 0 Å². The Balaban J connectivity index is 1.18. The van der Waals surface area contributed by atoms with Crippen molar-refractivity contribution in [3.05, 3.63) is 134 Å². The molecule has 3 heterocycles. The molecule has 1 aliphatic heterocycles. The number of ether oxygens (including phenoxy) is 1. The Hall–Kier alpha value is -5.15. The summed E-state index contributed by atoms with van der Waals surface area (Å²) < 4.78 is 8.33. The van der Waals surface area contributed by atoms with Crippen LogP contribution in [0.1, 0.15) is 0 Å². The van der Waals surface area contributed by atoms with Crippen LogP contribution in [0, 0.1) is 0 Å². The van der Waals surface area contributed by atoms with Gasteiger partial charge in [0.15, 0.2) is 0 Å². The minimum Gasteiger partial charge on any atom is -0.456 e. The highest BCUT2D eigenvalue weighted by Gasteiger charge is 2.21. The van der Waals surface area contributed by atoms with Gasteiger partial charge >= 0.3 is 0 Å². The minimum absolute atomic E-state index is 0.912. The molecule has 0 saturated heterocycles. The van der Waals surface area contributed by atoms with E-state index < -0.39 is 0 Å². The molecule has 5 aromatic carbocycles. The molecule has 0 bridgehead atoms. The average Bonchev–Trinajstić information content (AvgIpc) is 3.42. The Bertz CT molecular complexity index is 1970. The molecule has 1 aliphatic rings. The lowest BCUT2D eigenvalue weighted by Gasteiger charge is -2.22. The number of hydrogen-bond acceptors (Lipinski definition) is 2. The summed E-state index contributed by atoms with van der Waals surface area (Å²) in [5.41, 5.74) is 10.2. The summed E-state index contributed by atoms with van der Waals surface area (Å²) in [6.45, 7) is 0. The van der Waals surface area contributed by atoms with Crippen molar-refractivity contribution in [3.8, 4) is 56.1 Å². The van der Waals surface area contributed by atoms with E-state index in [0.717, 1.165) is 34.0 Å². The Morgan fingerprint density at radius 1 is 0.526 bits per heavy atom. The molecular formula is C35H22N2O. The van der Waals surface area contributed by atoms with Crippen molar-refractivity contribution in [2.75, 3.05) is 0 Å². The first kappa shape index (κ1) is 21.0. The SMILES string of the molecule is c1cc(-c2ccc(-c3ccc4c5c(cccc35)-c3ccccc3O4)cc2)cc(-c2cn3ccccc3n2)c1. The fraction of sp³-hybridized carbons (Fsp3) is 0. The van der Waals surface area contributed by atoms with Crippen LogP contribution in [0.5, 0.6) is 11.5 Å². The average molecular weight is 487 g/mol. The van der Waals surface area contributed by atoms with Crippen molar-refractivity contribution < 1.29 is 4.74 Å². The van der Waals surface area contributed by atoms with Gasteiger partial charge in [-0.3, -0.25) is 0 Å². The van der Waals surface area contributed by atoms with Crippen molar-refractivity contribution in [2.24, 2.45) is 0 Å². The summed E-state index contributed by atoms with van der Waals surface area (Å²) in [7, 11) is 0. The smallest absolute Gasteiger partial charge is 0.137 e. The van der Waals surface area contributed by atoms with Crippen LogP contribution in [0.25, 0.3) is 61.1 Å². The van der Waals surface area contributed by atoms with Gasteiger partial charge in [0.1, 0.15) is 17.1 Å². The highest BCUT2D eigenvalue weighted by atomic mass is 16.5. The predicted octanol–water partition coefficient (Wildman–Crippen LogP) is 9.26. The summed E-state index contributed by atoms with van der Waals surface area (Å²) in [6.07, 6.45) is 4.11. The van der Waals surface area contributed by atoms with Gasteiger partial charge in [-0.15, -0.1) is 0 Å². The van der Waals surface area contributed by atoms with Gasteiger partial charge in [-0.05, 0) is 63.5 Å². The number of aromatic nitrogens is 2. The van der Waals surface area contributed by atoms with Crippen LogP contribution >= 0.6 is 0 Å². The molecule has 0 amide bonds. The van der Waals surface area contributed by atoms with Gasteiger partial charge in [0, 0.05) is 28.9 Å². The van der Waals surface area contributed by atoms with Gasteiger partial charge in [-0.25, -0.2) is 4.98 Å². The standard InChI is InChI=1S/C35H22N2O/c1-2-12-32-28(9-1)30-11-6-10-29-27(18-19-33(38-32)35(29)30)24-16-14-23(15-17-24)25-7-5-8-26(21-25)31-22-37-20-4-3-13-34(37)36-31/h1-22H. The molecule has 3 heteroatoms. The van der Waals surface area contributed by atoms with E-state index in [1.165, 1.54) is 38.6 Å². The molecule has 0 aliphatic carbocycles. The summed E-state index contributed by atoms with van der Waals surface area (Å²) in [5.74, 6) is 1.83. The van der Waals surface area contributed by atoms with E-state index in [9.17, 15) is 0 Å². The lowest BCUT2D eigenvalue weighted by atomic mass is 9.90. The fourth-order valence-corrected chi connectivity index (χ4v) is 5.61. The lowest BCUT2D eigenvalue weighted by molar-refractivity contribution is 0.487. The molecule has 0 saturated carbocycles. The number of hydrogen-bond donors (Lipinski definition) is 0. The molecule has 3 nitrogen and oxygen atoms in total. The van der Waals surface area contributed by atoms with Crippen LogP contribution in [0.3, 0.4) is 0 Å². The molecule has 2 aromatic heterocycles. The third kappa shape index (κ3) is 3.26. The van der Waals surface area contributed by atoms with Crippen LogP contribution in [0.2, 0.25) is 0 Å². The fourth-order valence-electron chi connectivity index (χ4n) is 5.61. The second-order valence-electron chi connectivity index (χ2n) is 9.69. The largest absolute Gasteiger partial charge is 0.456 e. The Morgan fingerprint density at radius 2 is 1.32 bits per heavy atom. The lowest BCUT2D eigenvalue weighted by Crippen LogP contribution is -1.97. The van der Waals surface area contributed by atoms with E-state index in [1.54, 1.807) is 0 Å². The predicted molar refractivity (Wildman–Crippen MR) is 155 cm³/mol. The van der Waals surface area contributed by atoms with E-state index in [2.05, 4.69) is 102 Å². The minimum atomic E-state index is 0.912. The molecule has 38 heavy (non-hydrogen) atoms. The van der Waals surface area contributed by atoms with E-state index in [1.807, 2.05) is 36.5 Å². The van der Waals surface area contributed by atoms with Crippen LogP contribution in [-0.4, -0.2) is 9.38 Å². The topological polar surface area (TPSA) is 26.5 Å². The highest BCUT2D eigenvalue weighted by molar-refractivity contribution is 6.09. The van der Waals surface area contributed by atoms with Gasteiger partial charge in [0.2, 0.25) is 0 Å². The monoisotopic (exact) mass is 486 g/mol. The number of rotatable bonds is 3. The molecule has 8 rings (SSSR count). The zero-order chi connectivity index (χ0) is 25.1. The Morgan fingerprint density at radius 3 is 2.24 bits per heavy atom. The van der Waals surface area contributed by atoms with Crippen molar-refractivity contribution in [2.45, 2.75) is 0 Å². The van der Waals surface area contributed by atoms with Crippen molar-refractivity contribution >= 4 is 16.4 Å². The summed E-state index contributed by atoms with van der Waals surface area (Å²) in [4.78, 5) is 4.79. The summed E-state index contributed by atoms with van der Waals surface area (Å²) in [5, 5.41) is 2.38. The van der Waals surface area contributed by atoms with Crippen LogP contribution in [-0.2, 0) is 0 Å². The maximum atomic E-state index is 6.28. The maximum absolute atomic E-state index is 6.28. The van der Waals surface area contributed by atoms with Crippen molar-refractivity contribution in [3.63, 3.8) is 0 Å². The number of para-hydroxylation sites is 1. The molecule has 0 atom stereocenters. The molecule has 7 aromatic rings. The molecule has 0 N–H and O–H groups in total. The van der Waals surface area contributed by atoms with Crippen molar-refractivity contribution in [1.29, 1.82) is 0 Å². The highest BCUT2D eigenvalue weighted by Crippen LogP contribution is 2.48. The van der Waals surface area contributed by atoms with E-state index in [0.29, 0.717) is 0 Å². The second-order valence-corrected chi connectivity index (χ2v) is 9.69. The van der Waals surface area contributed by atoms with Gasteiger partial charge in [0.05, 0.1) is 5.69 Å². The molecule has 178 valence electrons. The number of nitrogens with zero attached hydrogens (tertiary/aromatic N) is 2. The zero-order valence-electron chi connectivity index (χ0n) is 20.5. The first-order chi connectivity index (χ1) is 18.8. The second kappa shape index (κ2) is 8.19. The number of pyridine rings is 1. The maximum Gasteiger partial charge on any atom is 0.137 e. The van der Waals surface area contributed by atoms with Crippen LogP contribution < -0.4 is 4.74 Å². The Kier molecular flexibility index (Phi) is 4.52. The molecule has 0 unspecified atom stereocenters. The van der Waals surface area contributed by atoms with Crippen LogP contribution in [0.4, 0.5) is 0 Å². The first-order valence-electron chi connectivity index (χ1n) is 12.8. The molecule has 0 fully saturated rings. The van der Waals surface area contributed by atoms with Gasteiger partial charge in [-0.1, -0.05) is 91.0 Å². The quantitative estimate of drug-likeness (QED) is 0.249. The van der Waals surface area contributed by atoms with Gasteiger partial charge in [0.25, 0.3) is 0 Å². The third-order valence-corrected chi connectivity index (χ3v) is 7.45. The third-order valence-electron chi connectivity index (χ3n) is 7.45. The normalized spacial score (nSPS) is 11.9. The van der Waals surface area contributed by atoms with Gasteiger partial charge < -0.3 is 9.14 Å². The molecular weight excluding hydrogens is 464 g/mol. The number of benzene rings is 5.